The molecule has 1 nitrogen and oxygen atoms in total. The van der Waals surface area contributed by atoms with E-state index in [1.807, 2.05) is 0 Å². The van der Waals surface area contributed by atoms with E-state index >= 15 is 0 Å². The summed E-state index contributed by atoms with van der Waals surface area (Å²) < 4.78 is 6.28. The summed E-state index contributed by atoms with van der Waals surface area (Å²) in [6, 6.07) is 0. The van der Waals surface area contributed by atoms with Gasteiger partial charge in [-0.25, -0.2) is 0 Å². The molecule has 0 radical (unpaired) electrons. The van der Waals surface area contributed by atoms with Crippen molar-refractivity contribution in [2.45, 2.75) is 57.3 Å². The highest BCUT2D eigenvalue weighted by atomic mass is 28.4. The van der Waals surface area contributed by atoms with Gasteiger partial charge in [0.25, 0.3) is 0 Å². The highest BCUT2D eigenvalue weighted by Crippen LogP contribution is 2.57. The van der Waals surface area contributed by atoms with Crippen molar-refractivity contribution >= 4 is 8.32 Å². The van der Waals surface area contributed by atoms with Crippen molar-refractivity contribution < 1.29 is 4.43 Å². The minimum atomic E-state index is -1.28. The predicted octanol–water partition coefficient (Wildman–Crippen LogP) is 3.17. The van der Waals surface area contributed by atoms with Gasteiger partial charge in [-0.15, -0.1) is 0 Å². The van der Waals surface area contributed by atoms with E-state index in [1.54, 1.807) is 0 Å². The lowest BCUT2D eigenvalue weighted by Crippen LogP contribution is -2.35. The van der Waals surface area contributed by atoms with Crippen molar-refractivity contribution in [2.75, 3.05) is 0 Å². The van der Waals surface area contributed by atoms with Gasteiger partial charge >= 0.3 is 0 Å². The molecule has 0 aromatic carbocycles. The minimum Gasteiger partial charge on any atom is -0.412 e. The first-order valence-electron chi connectivity index (χ1n) is 5.22. The summed E-state index contributed by atoms with van der Waals surface area (Å²) >= 11 is 0. The van der Waals surface area contributed by atoms with Crippen LogP contribution in [0.3, 0.4) is 0 Å². The molecule has 2 aliphatic carbocycles. The second-order valence-corrected chi connectivity index (χ2v) is 9.85. The molecule has 0 aromatic heterocycles. The van der Waals surface area contributed by atoms with Crippen LogP contribution in [0.1, 0.15) is 32.1 Å². The molecule has 0 heterocycles. The fraction of sp³-hybridized carbons (Fsp3) is 1.00. The smallest absolute Gasteiger partial charge is 0.184 e. The van der Waals surface area contributed by atoms with E-state index in [0.29, 0.717) is 5.60 Å². The van der Waals surface area contributed by atoms with Gasteiger partial charge in [-0.1, -0.05) is 12.8 Å². The minimum absolute atomic E-state index is 0.392. The van der Waals surface area contributed by atoms with Crippen LogP contribution in [0.25, 0.3) is 0 Å². The van der Waals surface area contributed by atoms with Crippen LogP contribution in [-0.2, 0) is 4.43 Å². The Labute approximate surface area is 76.6 Å². The summed E-state index contributed by atoms with van der Waals surface area (Å²) in [5, 5.41) is 0. The number of hydrogen-bond acceptors (Lipinski definition) is 1. The van der Waals surface area contributed by atoms with E-state index in [9.17, 15) is 0 Å². The Morgan fingerprint density at radius 1 is 1.25 bits per heavy atom. The van der Waals surface area contributed by atoms with Gasteiger partial charge in [0.15, 0.2) is 8.32 Å². The van der Waals surface area contributed by atoms with E-state index in [0.717, 1.165) is 5.92 Å². The lowest BCUT2D eigenvalue weighted by Gasteiger charge is -2.30. The van der Waals surface area contributed by atoms with Gasteiger partial charge in [0.05, 0.1) is 5.60 Å². The van der Waals surface area contributed by atoms with Gasteiger partial charge in [0.2, 0.25) is 0 Å². The van der Waals surface area contributed by atoms with Crippen molar-refractivity contribution in [2.24, 2.45) is 5.92 Å². The molecule has 2 saturated carbocycles. The maximum Gasteiger partial charge on any atom is 0.184 e. The van der Waals surface area contributed by atoms with Crippen LogP contribution < -0.4 is 0 Å². The van der Waals surface area contributed by atoms with Gasteiger partial charge in [-0.2, -0.15) is 0 Å². The zero-order valence-corrected chi connectivity index (χ0v) is 9.52. The summed E-state index contributed by atoms with van der Waals surface area (Å²) in [6.07, 6.45) is 7.01. The molecular formula is C10H20OSi. The fourth-order valence-corrected chi connectivity index (χ4v) is 4.20. The van der Waals surface area contributed by atoms with Crippen LogP contribution in [0.4, 0.5) is 0 Å². The summed E-state index contributed by atoms with van der Waals surface area (Å²) in [5.41, 5.74) is 0.392. The number of hydrogen-bond donors (Lipinski definition) is 0. The van der Waals surface area contributed by atoms with Gasteiger partial charge in [-0.05, 0) is 44.8 Å². The van der Waals surface area contributed by atoms with Crippen LogP contribution in [0.15, 0.2) is 0 Å². The third-order valence-electron chi connectivity index (χ3n) is 3.09. The maximum atomic E-state index is 6.28. The quantitative estimate of drug-likeness (QED) is 0.599. The fourth-order valence-electron chi connectivity index (χ4n) is 2.63. The second kappa shape index (κ2) is 2.58. The van der Waals surface area contributed by atoms with Gasteiger partial charge in [0.1, 0.15) is 0 Å². The Hall–Kier alpha value is 0.177. The van der Waals surface area contributed by atoms with Crippen LogP contribution in [-0.4, -0.2) is 13.9 Å². The summed E-state index contributed by atoms with van der Waals surface area (Å²) in [6.45, 7) is 6.93. The van der Waals surface area contributed by atoms with Gasteiger partial charge < -0.3 is 4.43 Å². The summed E-state index contributed by atoms with van der Waals surface area (Å²) in [5.74, 6) is 0.943. The molecule has 0 N–H and O–H groups in total. The molecule has 2 fully saturated rings. The van der Waals surface area contributed by atoms with Gasteiger partial charge in [0, 0.05) is 0 Å². The van der Waals surface area contributed by atoms with Gasteiger partial charge in [-0.3, -0.25) is 0 Å². The van der Waals surface area contributed by atoms with E-state index < -0.39 is 8.32 Å². The average molecular weight is 184 g/mol. The van der Waals surface area contributed by atoms with Crippen molar-refractivity contribution in [3.05, 3.63) is 0 Å². The van der Waals surface area contributed by atoms with E-state index in [2.05, 4.69) is 19.6 Å². The molecule has 2 rings (SSSR count). The molecule has 2 atom stereocenters. The molecule has 0 spiro atoms. The molecule has 0 unspecified atom stereocenters. The normalized spacial score (nSPS) is 40.8. The topological polar surface area (TPSA) is 9.23 Å². The standard InChI is InChI=1S/C10H20OSi/c1-12(2,3)11-10-7-5-4-6-9(10)8-10/h9H,4-8H2,1-3H3/t9-,10+/m1/s1. The first-order valence-corrected chi connectivity index (χ1v) is 8.63. The highest BCUT2D eigenvalue weighted by Gasteiger charge is 2.57. The van der Waals surface area contributed by atoms with Crippen LogP contribution >= 0.6 is 0 Å². The highest BCUT2D eigenvalue weighted by molar-refractivity contribution is 6.69. The first-order chi connectivity index (χ1) is 5.52. The average Bonchev–Trinajstić information content (AvgIpc) is 2.56. The molecule has 0 bridgehead atoms. The zero-order valence-electron chi connectivity index (χ0n) is 8.52. The lowest BCUT2D eigenvalue weighted by atomic mass is 9.98. The number of fused-ring (bicyclic) bond motifs is 1. The second-order valence-electron chi connectivity index (χ2n) is 5.43. The van der Waals surface area contributed by atoms with Crippen LogP contribution in [0.2, 0.25) is 19.6 Å². The molecule has 0 aromatic rings. The third kappa shape index (κ3) is 1.60. The van der Waals surface area contributed by atoms with Crippen molar-refractivity contribution in [3.8, 4) is 0 Å². The Kier molecular flexibility index (Phi) is 1.88. The van der Waals surface area contributed by atoms with Crippen LogP contribution in [0, 0.1) is 5.92 Å². The SMILES string of the molecule is C[Si](C)(C)O[C@]12CCCC[C@@H]1C2. The van der Waals surface area contributed by atoms with Crippen molar-refractivity contribution in [1.82, 2.24) is 0 Å². The zero-order chi connectivity index (χ0) is 8.82. The number of rotatable bonds is 2. The summed E-state index contributed by atoms with van der Waals surface area (Å²) in [4.78, 5) is 0. The van der Waals surface area contributed by atoms with E-state index in [-0.39, 0.29) is 0 Å². The van der Waals surface area contributed by atoms with E-state index in [1.165, 1.54) is 32.1 Å². The summed E-state index contributed by atoms with van der Waals surface area (Å²) in [7, 11) is -1.28. The van der Waals surface area contributed by atoms with Crippen molar-refractivity contribution in [3.63, 3.8) is 0 Å². The molecule has 0 amide bonds. The molecule has 70 valence electrons. The van der Waals surface area contributed by atoms with E-state index in [4.69, 9.17) is 4.43 Å². The Morgan fingerprint density at radius 2 is 2.00 bits per heavy atom. The molecular weight excluding hydrogens is 164 g/mol. The van der Waals surface area contributed by atoms with Crippen molar-refractivity contribution in [1.29, 1.82) is 0 Å². The molecule has 0 saturated heterocycles. The molecule has 0 aliphatic heterocycles. The largest absolute Gasteiger partial charge is 0.412 e. The molecule has 2 aliphatic rings. The first kappa shape index (κ1) is 8.76. The van der Waals surface area contributed by atoms with Crippen LogP contribution in [0.5, 0.6) is 0 Å². The Bertz CT molecular complexity index is 185. The lowest BCUT2D eigenvalue weighted by molar-refractivity contribution is 0.120. The molecule has 2 heteroatoms. The Balaban J connectivity index is 1.96. The Morgan fingerprint density at radius 3 is 2.58 bits per heavy atom. The third-order valence-corrected chi connectivity index (χ3v) is 4.11. The maximum absolute atomic E-state index is 6.28. The molecule has 12 heavy (non-hydrogen) atoms. The monoisotopic (exact) mass is 184 g/mol. The predicted molar refractivity (Wildman–Crippen MR) is 53.7 cm³/mol.